The second kappa shape index (κ2) is 4.93. The van der Waals surface area contributed by atoms with Crippen LogP contribution in [0.3, 0.4) is 0 Å². The number of carbonyl (C=O) groups excluding carboxylic acids is 2. The molecule has 0 spiro atoms. The van der Waals surface area contributed by atoms with Gasteiger partial charge in [-0.15, -0.1) is 0 Å². The van der Waals surface area contributed by atoms with Crippen LogP contribution in [0.25, 0.3) is 0 Å². The molecule has 0 atom stereocenters. The van der Waals surface area contributed by atoms with Gasteiger partial charge in [-0.25, -0.2) is 0 Å². The van der Waals surface area contributed by atoms with Crippen LogP contribution >= 0.6 is 0 Å². The first-order valence-electron chi connectivity index (χ1n) is 5.35. The Hall–Kier alpha value is -1.94. The molecule has 17 heavy (non-hydrogen) atoms. The Labute approximate surface area is 99.5 Å². The first-order chi connectivity index (χ1) is 8.25. The summed E-state index contributed by atoms with van der Waals surface area (Å²) in [4.78, 5) is 25.1. The molecule has 2 amide bonds. The van der Waals surface area contributed by atoms with Crippen molar-refractivity contribution < 1.29 is 14.3 Å². The highest BCUT2D eigenvalue weighted by Gasteiger charge is 2.33. The second-order valence-electron chi connectivity index (χ2n) is 3.69. The summed E-state index contributed by atoms with van der Waals surface area (Å²) in [5.74, 6) is -0.458. The van der Waals surface area contributed by atoms with E-state index in [4.69, 9.17) is 4.74 Å². The van der Waals surface area contributed by atoms with E-state index in [2.05, 4.69) is 0 Å². The van der Waals surface area contributed by atoms with Gasteiger partial charge in [0.05, 0.1) is 17.7 Å². The molecule has 4 nitrogen and oxygen atoms in total. The Morgan fingerprint density at radius 3 is 2.24 bits per heavy atom. The van der Waals surface area contributed by atoms with Crippen LogP contribution in [0.15, 0.2) is 36.4 Å². The number of fused-ring (bicyclic) bond motifs is 1. The minimum absolute atomic E-state index is 0.229. The highest BCUT2D eigenvalue weighted by Crippen LogP contribution is 2.21. The summed E-state index contributed by atoms with van der Waals surface area (Å²) < 4.78 is 4.85. The molecular formula is C13H13NO3. The van der Waals surface area contributed by atoms with Gasteiger partial charge in [-0.1, -0.05) is 24.3 Å². The summed E-state index contributed by atoms with van der Waals surface area (Å²) in [6, 6.07) is 6.87. The fourth-order valence-electron chi connectivity index (χ4n) is 1.75. The van der Waals surface area contributed by atoms with Crippen molar-refractivity contribution in [2.45, 2.75) is 0 Å². The van der Waals surface area contributed by atoms with Gasteiger partial charge in [0.25, 0.3) is 11.8 Å². The fraction of sp³-hybridized carbons (Fsp3) is 0.231. The Bertz CT molecular complexity index is 444. The predicted octanol–water partition coefficient (Wildman–Crippen LogP) is 1.49. The number of rotatable bonds is 4. The van der Waals surface area contributed by atoms with E-state index in [1.54, 1.807) is 43.5 Å². The van der Waals surface area contributed by atoms with Gasteiger partial charge >= 0.3 is 0 Å². The minimum atomic E-state index is -0.229. The van der Waals surface area contributed by atoms with Crippen molar-refractivity contribution in [3.63, 3.8) is 0 Å². The average Bonchev–Trinajstić information content (AvgIpc) is 2.60. The number of hydrogen-bond donors (Lipinski definition) is 0. The van der Waals surface area contributed by atoms with Crippen molar-refractivity contribution >= 4 is 11.8 Å². The standard InChI is InChI=1S/C13H13NO3/c1-17-9-5-4-8-14-12(15)10-6-2-3-7-11(10)13(14)16/h2-7H,8-9H2,1H3/b5-4-. The monoisotopic (exact) mass is 231 g/mol. The lowest BCUT2D eigenvalue weighted by Gasteiger charge is -2.10. The molecule has 1 aromatic carbocycles. The third-order valence-electron chi connectivity index (χ3n) is 2.60. The van der Waals surface area contributed by atoms with Gasteiger partial charge in [0, 0.05) is 13.7 Å². The van der Waals surface area contributed by atoms with Crippen LogP contribution in [-0.4, -0.2) is 37.0 Å². The lowest BCUT2D eigenvalue weighted by molar-refractivity contribution is 0.0671. The molecule has 2 rings (SSSR count). The van der Waals surface area contributed by atoms with E-state index in [9.17, 15) is 9.59 Å². The molecule has 1 heterocycles. The van der Waals surface area contributed by atoms with Crippen molar-refractivity contribution in [1.29, 1.82) is 0 Å². The van der Waals surface area contributed by atoms with Gasteiger partial charge in [-0.3, -0.25) is 14.5 Å². The number of carbonyl (C=O) groups is 2. The van der Waals surface area contributed by atoms with Crippen LogP contribution in [0.2, 0.25) is 0 Å². The molecular weight excluding hydrogens is 218 g/mol. The second-order valence-corrected chi connectivity index (χ2v) is 3.69. The minimum Gasteiger partial charge on any atom is -0.381 e. The zero-order valence-corrected chi connectivity index (χ0v) is 9.55. The largest absolute Gasteiger partial charge is 0.381 e. The molecule has 0 aliphatic carbocycles. The van der Waals surface area contributed by atoms with Gasteiger partial charge in [0.15, 0.2) is 0 Å². The molecule has 1 aromatic rings. The zero-order valence-electron chi connectivity index (χ0n) is 9.55. The molecule has 0 bridgehead atoms. The van der Waals surface area contributed by atoms with E-state index < -0.39 is 0 Å². The fourth-order valence-corrected chi connectivity index (χ4v) is 1.75. The van der Waals surface area contributed by atoms with Crippen molar-refractivity contribution in [3.8, 4) is 0 Å². The first-order valence-corrected chi connectivity index (χ1v) is 5.35. The molecule has 88 valence electrons. The predicted molar refractivity (Wildman–Crippen MR) is 62.8 cm³/mol. The molecule has 0 saturated carbocycles. The maximum Gasteiger partial charge on any atom is 0.261 e. The van der Waals surface area contributed by atoms with Crippen LogP contribution in [0, 0.1) is 0 Å². The summed E-state index contributed by atoms with van der Waals surface area (Å²) in [6.07, 6.45) is 3.54. The molecule has 0 fully saturated rings. The van der Waals surface area contributed by atoms with E-state index in [1.165, 1.54) is 4.90 Å². The number of amides is 2. The number of ether oxygens (including phenoxy) is 1. The van der Waals surface area contributed by atoms with E-state index in [-0.39, 0.29) is 18.4 Å². The quantitative estimate of drug-likeness (QED) is 0.582. The third kappa shape index (κ3) is 2.12. The molecule has 4 heteroatoms. The summed E-state index contributed by atoms with van der Waals surface area (Å²) in [6.45, 7) is 0.763. The third-order valence-corrected chi connectivity index (χ3v) is 2.60. The molecule has 1 aliphatic heterocycles. The van der Waals surface area contributed by atoms with Crippen LogP contribution in [0.1, 0.15) is 20.7 Å². The van der Waals surface area contributed by atoms with Crippen LogP contribution in [-0.2, 0) is 4.74 Å². The van der Waals surface area contributed by atoms with Crippen molar-refractivity contribution in [1.82, 2.24) is 4.90 Å². The molecule has 1 aliphatic rings. The topological polar surface area (TPSA) is 46.6 Å². The maximum atomic E-state index is 11.9. The van der Waals surface area contributed by atoms with E-state index >= 15 is 0 Å². The number of benzene rings is 1. The van der Waals surface area contributed by atoms with E-state index in [0.717, 1.165) is 0 Å². The smallest absolute Gasteiger partial charge is 0.261 e. The molecule has 0 N–H and O–H groups in total. The van der Waals surface area contributed by atoms with E-state index in [1.807, 2.05) is 0 Å². The van der Waals surface area contributed by atoms with Gasteiger partial charge in [-0.05, 0) is 12.1 Å². The molecule has 0 radical (unpaired) electrons. The Balaban J connectivity index is 2.13. The maximum absolute atomic E-state index is 11.9. The molecule has 0 unspecified atom stereocenters. The van der Waals surface area contributed by atoms with E-state index in [0.29, 0.717) is 17.7 Å². The molecule has 0 aromatic heterocycles. The Morgan fingerprint density at radius 2 is 1.71 bits per heavy atom. The van der Waals surface area contributed by atoms with Gasteiger partial charge in [0.1, 0.15) is 0 Å². The SMILES string of the molecule is COC/C=C\CN1C(=O)c2ccccc2C1=O. The number of methoxy groups -OCH3 is 1. The van der Waals surface area contributed by atoms with Crippen molar-refractivity contribution in [3.05, 3.63) is 47.5 Å². The Kier molecular flexibility index (Phi) is 3.35. The lowest BCUT2D eigenvalue weighted by Crippen LogP contribution is -2.29. The summed E-state index contributed by atoms with van der Waals surface area (Å²) >= 11 is 0. The summed E-state index contributed by atoms with van der Waals surface area (Å²) in [7, 11) is 1.59. The van der Waals surface area contributed by atoms with Gasteiger partial charge in [-0.2, -0.15) is 0 Å². The van der Waals surface area contributed by atoms with Gasteiger partial charge in [0.2, 0.25) is 0 Å². The number of imide groups is 1. The first kappa shape index (κ1) is 11.5. The van der Waals surface area contributed by atoms with Crippen molar-refractivity contribution in [2.24, 2.45) is 0 Å². The summed E-state index contributed by atoms with van der Waals surface area (Å²) in [5.41, 5.74) is 0.968. The average molecular weight is 231 g/mol. The Morgan fingerprint density at radius 1 is 1.12 bits per heavy atom. The van der Waals surface area contributed by atoms with Gasteiger partial charge < -0.3 is 4.74 Å². The number of hydrogen-bond acceptors (Lipinski definition) is 3. The van der Waals surface area contributed by atoms with Crippen LogP contribution < -0.4 is 0 Å². The highest BCUT2D eigenvalue weighted by atomic mass is 16.5. The van der Waals surface area contributed by atoms with Crippen molar-refractivity contribution in [2.75, 3.05) is 20.3 Å². The molecule has 0 saturated heterocycles. The zero-order chi connectivity index (χ0) is 12.3. The lowest BCUT2D eigenvalue weighted by atomic mass is 10.1. The normalized spacial score (nSPS) is 14.8. The summed E-state index contributed by atoms with van der Waals surface area (Å²) in [5, 5.41) is 0. The number of nitrogens with zero attached hydrogens (tertiary/aromatic N) is 1. The highest BCUT2D eigenvalue weighted by molar-refractivity contribution is 6.21. The van der Waals surface area contributed by atoms with Crippen LogP contribution in [0.5, 0.6) is 0 Å². The van der Waals surface area contributed by atoms with Crippen LogP contribution in [0.4, 0.5) is 0 Å².